The Morgan fingerprint density at radius 3 is 1.83 bits per heavy atom. The first kappa shape index (κ1) is 15.8. The molecule has 0 N–H and O–H groups in total. The fourth-order valence-corrected chi connectivity index (χ4v) is 2.55. The lowest BCUT2D eigenvalue weighted by Crippen LogP contribution is -2.27. The first-order chi connectivity index (χ1) is 11.8. The zero-order chi connectivity index (χ0) is 16.8. The average molecular weight is 313 g/mol. The van der Waals surface area contributed by atoms with Gasteiger partial charge in [0.15, 0.2) is 0 Å². The second kappa shape index (κ2) is 7.42. The number of carbonyl (C=O) groups excluding carboxylic acids is 1. The molecule has 0 aromatic heterocycles. The number of rotatable bonds is 4. The zero-order valence-corrected chi connectivity index (χ0v) is 13.6. The molecule has 1 amide bonds. The highest BCUT2D eigenvalue weighted by Gasteiger charge is 2.17. The first-order valence-corrected chi connectivity index (χ1v) is 7.91. The summed E-state index contributed by atoms with van der Waals surface area (Å²) in [5.74, 6) is -0.0312. The van der Waals surface area contributed by atoms with Crippen LogP contribution in [0.3, 0.4) is 0 Å². The topological polar surface area (TPSA) is 20.3 Å². The van der Waals surface area contributed by atoms with Crippen LogP contribution in [0.2, 0.25) is 0 Å². The van der Waals surface area contributed by atoms with E-state index < -0.39 is 0 Å². The van der Waals surface area contributed by atoms with Crippen molar-refractivity contribution in [1.82, 2.24) is 0 Å². The number of anilines is 1. The van der Waals surface area contributed by atoms with Gasteiger partial charge in [-0.15, -0.1) is 0 Å². The Morgan fingerprint density at radius 1 is 0.750 bits per heavy atom. The third-order valence-corrected chi connectivity index (χ3v) is 3.87. The van der Waals surface area contributed by atoms with E-state index >= 15 is 0 Å². The Kier molecular flexibility index (Phi) is 4.87. The van der Waals surface area contributed by atoms with Crippen LogP contribution in [0, 0.1) is 0 Å². The Hall–Kier alpha value is -3.13. The number of benzene rings is 3. The fraction of sp³-hybridized carbons (Fsp3) is 0.0455. The number of carbonyl (C=O) groups is 1. The molecular weight excluding hydrogens is 294 g/mol. The highest BCUT2D eigenvalue weighted by Crippen LogP contribution is 2.23. The molecular formula is C22H19NO. The van der Waals surface area contributed by atoms with Gasteiger partial charge in [-0.05, 0) is 29.3 Å². The van der Waals surface area contributed by atoms with Gasteiger partial charge in [0.05, 0.1) is 0 Å². The third-order valence-electron chi connectivity index (χ3n) is 3.87. The molecule has 0 radical (unpaired) electrons. The maximum Gasteiger partial charge on any atom is 0.258 e. The normalized spacial score (nSPS) is 11.1. The number of nitrogens with zero attached hydrogens (tertiary/aromatic N) is 1. The SMILES string of the molecule is CN(C(=O)/C(=C/c1ccccc1)c1ccccc1)c1ccccc1. The van der Waals surface area contributed by atoms with Crippen molar-refractivity contribution in [1.29, 1.82) is 0 Å². The summed E-state index contributed by atoms with van der Waals surface area (Å²) >= 11 is 0. The Morgan fingerprint density at radius 2 is 1.25 bits per heavy atom. The summed E-state index contributed by atoms with van der Waals surface area (Å²) in [6.45, 7) is 0. The summed E-state index contributed by atoms with van der Waals surface area (Å²) < 4.78 is 0. The van der Waals surface area contributed by atoms with Gasteiger partial charge in [0, 0.05) is 18.3 Å². The van der Waals surface area contributed by atoms with E-state index in [4.69, 9.17) is 0 Å². The summed E-state index contributed by atoms with van der Waals surface area (Å²) in [6.07, 6.45) is 1.94. The minimum Gasteiger partial charge on any atom is -0.311 e. The van der Waals surface area contributed by atoms with Gasteiger partial charge >= 0.3 is 0 Å². The summed E-state index contributed by atoms with van der Waals surface area (Å²) in [5.41, 5.74) is 3.46. The van der Waals surface area contributed by atoms with E-state index in [1.807, 2.05) is 97.1 Å². The van der Waals surface area contributed by atoms with Crippen molar-refractivity contribution in [2.45, 2.75) is 0 Å². The Labute approximate surface area is 142 Å². The van der Waals surface area contributed by atoms with Crippen LogP contribution in [-0.2, 0) is 4.79 Å². The first-order valence-electron chi connectivity index (χ1n) is 7.91. The molecule has 0 fully saturated rings. The number of para-hydroxylation sites is 1. The van der Waals surface area contributed by atoms with E-state index in [1.165, 1.54) is 0 Å². The predicted octanol–water partition coefficient (Wildman–Crippen LogP) is 4.89. The standard InChI is InChI=1S/C22H19NO/c1-23(20-15-9-4-10-16-20)22(24)21(19-13-7-3-8-14-19)17-18-11-5-2-6-12-18/h2-17H,1H3/b21-17+. The maximum absolute atomic E-state index is 13.1. The van der Waals surface area contributed by atoms with Crippen molar-refractivity contribution < 1.29 is 4.79 Å². The summed E-state index contributed by atoms with van der Waals surface area (Å²) in [6, 6.07) is 29.4. The lowest BCUT2D eigenvalue weighted by Gasteiger charge is -2.19. The van der Waals surface area contributed by atoms with Gasteiger partial charge in [0.2, 0.25) is 0 Å². The highest BCUT2D eigenvalue weighted by molar-refractivity contribution is 6.29. The van der Waals surface area contributed by atoms with Crippen LogP contribution >= 0.6 is 0 Å². The van der Waals surface area contributed by atoms with E-state index in [2.05, 4.69) is 0 Å². The van der Waals surface area contributed by atoms with Crippen molar-refractivity contribution in [3.63, 3.8) is 0 Å². The molecule has 2 heteroatoms. The van der Waals surface area contributed by atoms with Gasteiger partial charge < -0.3 is 4.90 Å². The molecule has 0 saturated heterocycles. The van der Waals surface area contributed by atoms with E-state index in [-0.39, 0.29) is 5.91 Å². The molecule has 0 atom stereocenters. The molecule has 0 bridgehead atoms. The van der Waals surface area contributed by atoms with Crippen LogP contribution in [0.4, 0.5) is 5.69 Å². The van der Waals surface area contributed by atoms with Crippen LogP contribution < -0.4 is 4.90 Å². The van der Waals surface area contributed by atoms with Crippen molar-refractivity contribution in [2.75, 3.05) is 11.9 Å². The van der Waals surface area contributed by atoms with Gasteiger partial charge in [0.25, 0.3) is 5.91 Å². The molecule has 118 valence electrons. The summed E-state index contributed by atoms with van der Waals surface area (Å²) in [5, 5.41) is 0. The predicted molar refractivity (Wildman–Crippen MR) is 101 cm³/mol. The zero-order valence-electron chi connectivity index (χ0n) is 13.6. The van der Waals surface area contributed by atoms with Crippen molar-refractivity contribution in [2.24, 2.45) is 0 Å². The lowest BCUT2D eigenvalue weighted by molar-refractivity contribution is -0.113. The molecule has 24 heavy (non-hydrogen) atoms. The smallest absolute Gasteiger partial charge is 0.258 e. The molecule has 0 saturated carbocycles. The van der Waals surface area contributed by atoms with Crippen molar-refractivity contribution in [3.05, 3.63) is 102 Å². The Bertz CT molecular complexity index is 824. The number of hydrogen-bond donors (Lipinski definition) is 0. The molecule has 0 heterocycles. The second-order valence-electron chi connectivity index (χ2n) is 5.53. The van der Waals surface area contributed by atoms with Gasteiger partial charge in [-0.3, -0.25) is 4.79 Å². The fourth-order valence-electron chi connectivity index (χ4n) is 2.55. The van der Waals surface area contributed by atoms with Gasteiger partial charge in [0.1, 0.15) is 0 Å². The number of likely N-dealkylation sites (N-methyl/N-ethyl adjacent to an activating group) is 1. The molecule has 3 aromatic carbocycles. The quantitative estimate of drug-likeness (QED) is 0.496. The number of hydrogen-bond acceptors (Lipinski definition) is 1. The molecule has 3 aromatic rings. The summed E-state index contributed by atoms with van der Waals surface area (Å²) in [7, 11) is 1.80. The lowest BCUT2D eigenvalue weighted by atomic mass is 10.0. The van der Waals surface area contributed by atoms with Crippen LogP contribution in [0.1, 0.15) is 11.1 Å². The number of amides is 1. The van der Waals surface area contributed by atoms with Gasteiger partial charge in [-0.2, -0.15) is 0 Å². The van der Waals surface area contributed by atoms with E-state index in [0.29, 0.717) is 5.57 Å². The van der Waals surface area contributed by atoms with Gasteiger partial charge in [-0.25, -0.2) is 0 Å². The van der Waals surface area contributed by atoms with Crippen LogP contribution in [0.25, 0.3) is 11.6 Å². The molecule has 2 nitrogen and oxygen atoms in total. The van der Waals surface area contributed by atoms with E-state index in [0.717, 1.165) is 16.8 Å². The Balaban J connectivity index is 2.02. The maximum atomic E-state index is 13.1. The molecule has 0 aliphatic heterocycles. The average Bonchev–Trinajstić information content (AvgIpc) is 2.67. The van der Waals surface area contributed by atoms with Gasteiger partial charge in [-0.1, -0.05) is 78.9 Å². The molecule has 0 unspecified atom stereocenters. The molecule has 0 aliphatic rings. The van der Waals surface area contributed by atoms with Crippen molar-refractivity contribution in [3.8, 4) is 0 Å². The van der Waals surface area contributed by atoms with E-state index in [9.17, 15) is 4.79 Å². The largest absolute Gasteiger partial charge is 0.311 e. The monoisotopic (exact) mass is 313 g/mol. The molecule has 3 rings (SSSR count). The van der Waals surface area contributed by atoms with E-state index in [1.54, 1.807) is 11.9 Å². The van der Waals surface area contributed by atoms with Crippen LogP contribution in [0.5, 0.6) is 0 Å². The van der Waals surface area contributed by atoms with Crippen molar-refractivity contribution >= 4 is 23.2 Å². The minimum absolute atomic E-state index is 0.0312. The molecule has 0 aliphatic carbocycles. The highest BCUT2D eigenvalue weighted by atomic mass is 16.2. The molecule has 0 spiro atoms. The third kappa shape index (κ3) is 3.61. The van der Waals surface area contributed by atoms with Crippen LogP contribution in [0.15, 0.2) is 91.0 Å². The summed E-state index contributed by atoms with van der Waals surface area (Å²) in [4.78, 5) is 14.8. The van der Waals surface area contributed by atoms with Crippen LogP contribution in [-0.4, -0.2) is 13.0 Å². The minimum atomic E-state index is -0.0312. The second-order valence-corrected chi connectivity index (χ2v) is 5.53.